The smallest absolute Gasteiger partial charge is 0.276 e. The first-order valence-electron chi connectivity index (χ1n) is 10.2. The third-order valence-electron chi connectivity index (χ3n) is 4.95. The standard InChI is InChI=1S/C22H26N4O4S/c1-4-14-26-22(28)19-13-8-7-12-18(19)20(24-26)21(27)23-16-10-9-11-17(15-16)31(29,30)25(5-2)6-3/h7-13,15H,4-6,14H2,1-3H3,(H,23,27). The second-order valence-electron chi connectivity index (χ2n) is 6.99. The number of anilines is 1. The maximum atomic E-state index is 13.1. The number of carbonyl (C=O) groups excluding carboxylic acids is 1. The lowest BCUT2D eigenvalue weighted by Crippen LogP contribution is -2.30. The topological polar surface area (TPSA) is 101 Å². The summed E-state index contributed by atoms with van der Waals surface area (Å²) in [4.78, 5) is 25.8. The Morgan fingerprint density at radius 2 is 1.71 bits per heavy atom. The number of sulfonamides is 1. The summed E-state index contributed by atoms with van der Waals surface area (Å²) in [6.07, 6.45) is 0.692. The SMILES string of the molecule is CCCn1nc(C(=O)Nc2cccc(S(=O)(=O)N(CC)CC)c2)c2ccccc2c1=O. The average Bonchev–Trinajstić information content (AvgIpc) is 2.76. The van der Waals surface area contributed by atoms with Crippen molar-refractivity contribution < 1.29 is 13.2 Å². The van der Waals surface area contributed by atoms with Crippen molar-refractivity contribution >= 4 is 32.4 Å². The molecule has 0 saturated carbocycles. The van der Waals surface area contributed by atoms with Crippen LogP contribution in [0.2, 0.25) is 0 Å². The number of hydrogen-bond donors (Lipinski definition) is 1. The zero-order valence-electron chi connectivity index (χ0n) is 17.8. The van der Waals surface area contributed by atoms with E-state index in [1.165, 1.54) is 21.1 Å². The first kappa shape index (κ1) is 22.6. The van der Waals surface area contributed by atoms with Crippen molar-refractivity contribution in [2.75, 3.05) is 18.4 Å². The Morgan fingerprint density at radius 1 is 1.03 bits per heavy atom. The number of nitrogens with zero attached hydrogens (tertiary/aromatic N) is 3. The van der Waals surface area contributed by atoms with Crippen LogP contribution in [0.4, 0.5) is 5.69 Å². The van der Waals surface area contributed by atoms with Crippen LogP contribution in [0, 0.1) is 0 Å². The Bertz CT molecular complexity index is 1260. The summed E-state index contributed by atoms with van der Waals surface area (Å²) in [5.41, 5.74) is 0.194. The normalized spacial score (nSPS) is 11.7. The fraction of sp³-hybridized carbons (Fsp3) is 0.318. The fourth-order valence-corrected chi connectivity index (χ4v) is 4.91. The highest BCUT2D eigenvalue weighted by atomic mass is 32.2. The van der Waals surface area contributed by atoms with Crippen LogP contribution in [0.1, 0.15) is 37.7 Å². The summed E-state index contributed by atoms with van der Waals surface area (Å²) < 4.78 is 28.2. The van der Waals surface area contributed by atoms with E-state index in [9.17, 15) is 18.0 Å². The molecule has 9 heteroatoms. The van der Waals surface area contributed by atoms with Crippen LogP contribution >= 0.6 is 0 Å². The molecule has 3 aromatic rings. The Balaban J connectivity index is 2.00. The maximum absolute atomic E-state index is 13.1. The number of aryl methyl sites for hydroxylation is 1. The van der Waals surface area contributed by atoms with E-state index in [4.69, 9.17) is 0 Å². The number of aromatic nitrogens is 2. The molecule has 0 saturated heterocycles. The highest BCUT2D eigenvalue weighted by Gasteiger charge is 2.22. The molecule has 3 rings (SSSR count). The van der Waals surface area contributed by atoms with Crippen LogP contribution in [0.5, 0.6) is 0 Å². The van der Waals surface area contributed by atoms with Gasteiger partial charge in [-0.2, -0.15) is 9.40 Å². The van der Waals surface area contributed by atoms with Crippen LogP contribution in [0.15, 0.2) is 58.2 Å². The molecular formula is C22H26N4O4S. The van der Waals surface area contributed by atoms with Gasteiger partial charge in [0, 0.05) is 30.7 Å². The van der Waals surface area contributed by atoms with Crippen molar-refractivity contribution in [2.45, 2.75) is 38.6 Å². The molecule has 8 nitrogen and oxygen atoms in total. The van der Waals surface area contributed by atoms with E-state index in [0.717, 1.165) is 0 Å². The monoisotopic (exact) mass is 442 g/mol. The average molecular weight is 443 g/mol. The summed E-state index contributed by atoms with van der Waals surface area (Å²) in [6.45, 7) is 6.56. The molecule has 1 N–H and O–H groups in total. The van der Waals surface area contributed by atoms with E-state index < -0.39 is 15.9 Å². The quantitative estimate of drug-likeness (QED) is 0.578. The van der Waals surface area contributed by atoms with Gasteiger partial charge in [0.05, 0.1) is 10.3 Å². The van der Waals surface area contributed by atoms with E-state index in [2.05, 4.69) is 10.4 Å². The van der Waals surface area contributed by atoms with Gasteiger partial charge < -0.3 is 5.32 Å². The van der Waals surface area contributed by atoms with Gasteiger partial charge in [-0.05, 0) is 30.7 Å². The molecule has 0 radical (unpaired) electrons. The lowest BCUT2D eigenvalue weighted by molar-refractivity contribution is 0.102. The van der Waals surface area contributed by atoms with Gasteiger partial charge in [-0.15, -0.1) is 0 Å². The first-order valence-corrected chi connectivity index (χ1v) is 11.7. The zero-order valence-corrected chi connectivity index (χ0v) is 18.6. The third kappa shape index (κ3) is 4.52. The number of carbonyl (C=O) groups is 1. The lowest BCUT2D eigenvalue weighted by atomic mass is 10.1. The summed E-state index contributed by atoms with van der Waals surface area (Å²) in [5.74, 6) is -0.515. The number of fused-ring (bicyclic) bond motifs is 1. The Kier molecular flexibility index (Phi) is 6.87. The van der Waals surface area contributed by atoms with E-state index in [1.54, 1.807) is 50.2 Å². The molecule has 1 aromatic heterocycles. The number of hydrogen-bond acceptors (Lipinski definition) is 5. The Morgan fingerprint density at radius 3 is 2.35 bits per heavy atom. The minimum absolute atomic E-state index is 0.0998. The minimum Gasteiger partial charge on any atom is -0.321 e. The molecule has 0 aliphatic heterocycles. The molecule has 0 spiro atoms. The van der Waals surface area contributed by atoms with E-state index >= 15 is 0 Å². The molecule has 0 fully saturated rings. The van der Waals surface area contributed by atoms with E-state index in [0.29, 0.717) is 42.5 Å². The van der Waals surface area contributed by atoms with Gasteiger partial charge in [0.15, 0.2) is 5.69 Å². The molecular weight excluding hydrogens is 416 g/mol. The van der Waals surface area contributed by atoms with Gasteiger partial charge in [0.2, 0.25) is 10.0 Å². The summed E-state index contributed by atoms with van der Waals surface area (Å²) in [7, 11) is -3.66. The molecule has 0 aliphatic rings. The first-order chi connectivity index (χ1) is 14.8. The van der Waals surface area contributed by atoms with Gasteiger partial charge in [0.25, 0.3) is 11.5 Å². The van der Waals surface area contributed by atoms with Crippen molar-refractivity contribution in [2.24, 2.45) is 0 Å². The van der Waals surface area contributed by atoms with Crippen LogP contribution in [-0.4, -0.2) is 41.5 Å². The molecule has 31 heavy (non-hydrogen) atoms. The van der Waals surface area contributed by atoms with Gasteiger partial charge in [-0.1, -0.05) is 45.0 Å². The van der Waals surface area contributed by atoms with Gasteiger partial charge in [0.1, 0.15) is 0 Å². The van der Waals surface area contributed by atoms with Crippen LogP contribution < -0.4 is 10.9 Å². The maximum Gasteiger partial charge on any atom is 0.276 e. The molecule has 0 aliphatic carbocycles. The molecule has 164 valence electrons. The Labute approximate surface area is 181 Å². The fourth-order valence-electron chi connectivity index (χ4n) is 3.40. The molecule has 0 unspecified atom stereocenters. The minimum atomic E-state index is -3.66. The van der Waals surface area contributed by atoms with Crippen molar-refractivity contribution in [1.82, 2.24) is 14.1 Å². The van der Waals surface area contributed by atoms with Gasteiger partial charge >= 0.3 is 0 Å². The summed E-state index contributed by atoms with van der Waals surface area (Å²) in [6, 6.07) is 12.9. The molecule has 0 atom stereocenters. The van der Waals surface area contributed by atoms with Crippen molar-refractivity contribution in [1.29, 1.82) is 0 Å². The van der Waals surface area contributed by atoms with Crippen molar-refractivity contribution in [3.05, 3.63) is 64.6 Å². The molecule has 0 bridgehead atoms. The number of nitrogens with one attached hydrogen (secondary N) is 1. The number of benzene rings is 2. The predicted octanol–water partition coefficient (Wildman–Crippen LogP) is 3.09. The summed E-state index contributed by atoms with van der Waals surface area (Å²) in [5, 5.41) is 7.86. The van der Waals surface area contributed by atoms with Gasteiger partial charge in [-0.25, -0.2) is 13.1 Å². The van der Waals surface area contributed by atoms with E-state index in [-0.39, 0.29) is 16.1 Å². The highest BCUT2D eigenvalue weighted by molar-refractivity contribution is 7.89. The van der Waals surface area contributed by atoms with Gasteiger partial charge in [-0.3, -0.25) is 9.59 Å². The second-order valence-corrected chi connectivity index (χ2v) is 8.93. The predicted molar refractivity (Wildman–Crippen MR) is 121 cm³/mol. The van der Waals surface area contributed by atoms with Crippen LogP contribution in [-0.2, 0) is 16.6 Å². The van der Waals surface area contributed by atoms with E-state index in [1.807, 2.05) is 6.92 Å². The third-order valence-corrected chi connectivity index (χ3v) is 7.00. The second kappa shape index (κ2) is 9.40. The molecule has 1 amide bonds. The molecule has 1 heterocycles. The summed E-state index contributed by atoms with van der Waals surface area (Å²) >= 11 is 0. The highest BCUT2D eigenvalue weighted by Crippen LogP contribution is 2.21. The number of rotatable bonds is 8. The van der Waals surface area contributed by atoms with Crippen molar-refractivity contribution in [3.63, 3.8) is 0 Å². The van der Waals surface area contributed by atoms with Crippen LogP contribution in [0.25, 0.3) is 10.8 Å². The lowest BCUT2D eigenvalue weighted by Gasteiger charge is -2.19. The molecule has 2 aromatic carbocycles. The van der Waals surface area contributed by atoms with Crippen molar-refractivity contribution in [3.8, 4) is 0 Å². The Hall–Kier alpha value is -3.04. The number of amides is 1. The largest absolute Gasteiger partial charge is 0.321 e. The van der Waals surface area contributed by atoms with Crippen LogP contribution in [0.3, 0.4) is 0 Å². The zero-order chi connectivity index (χ0) is 22.6.